The summed E-state index contributed by atoms with van der Waals surface area (Å²) in [6.07, 6.45) is 7.97. The molecule has 8 aromatic carbocycles. The number of benzene rings is 8. The van der Waals surface area contributed by atoms with Gasteiger partial charge in [0.25, 0.3) is 0 Å². The van der Waals surface area contributed by atoms with Gasteiger partial charge in [0, 0.05) is 28.4 Å². The minimum Gasteiger partial charge on any atom is -0.449 e. The average Bonchev–Trinajstić information content (AvgIpc) is 3.55. The van der Waals surface area contributed by atoms with Crippen LogP contribution >= 0.6 is 0 Å². The van der Waals surface area contributed by atoms with Gasteiger partial charge < -0.3 is 14.4 Å². The third-order valence-corrected chi connectivity index (χ3v) is 11.9. The fourth-order valence-corrected chi connectivity index (χ4v) is 9.51. The summed E-state index contributed by atoms with van der Waals surface area (Å²) in [5, 5.41) is 4.81. The van der Waals surface area contributed by atoms with Gasteiger partial charge >= 0.3 is 0 Å². The molecule has 0 bridgehead atoms. The van der Waals surface area contributed by atoms with Crippen molar-refractivity contribution in [2.75, 3.05) is 4.90 Å². The van der Waals surface area contributed by atoms with Crippen LogP contribution in [0.5, 0.6) is 23.0 Å². The molecule has 0 fully saturated rings. The van der Waals surface area contributed by atoms with E-state index in [2.05, 4.69) is 187 Å². The molecule has 0 aromatic heterocycles. The van der Waals surface area contributed by atoms with E-state index in [-0.39, 0.29) is 5.41 Å². The quantitative estimate of drug-likeness (QED) is 0.167. The van der Waals surface area contributed by atoms with E-state index >= 15 is 0 Å². The SMILES string of the molecule is C1=CCC(C2(c3ccccc3)c3ccccc3-c3c2ccc2c3Oc3ccc(N(c4ccc5ccccc5c4)c4ccc5ccccc5c4)cc3O2)CC1. The highest BCUT2D eigenvalue weighted by Gasteiger charge is 2.51. The topological polar surface area (TPSA) is 21.7 Å². The zero-order chi connectivity index (χ0) is 35.6. The Hall–Kier alpha value is -6.58. The lowest BCUT2D eigenvalue weighted by molar-refractivity contribution is 0.344. The molecule has 3 heteroatoms. The van der Waals surface area contributed by atoms with Gasteiger partial charge in [-0.2, -0.15) is 0 Å². The first-order chi connectivity index (χ1) is 26.8. The Morgan fingerprint density at radius 3 is 1.83 bits per heavy atom. The van der Waals surface area contributed by atoms with Crippen LogP contribution in [-0.4, -0.2) is 0 Å². The molecule has 2 unspecified atom stereocenters. The van der Waals surface area contributed by atoms with Gasteiger partial charge in [-0.3, -0.25) is 0 Å². The Morgan fingerprint density at radius 1 is 0.481 bits per heavy atom. The number of anilines is 3. The van der Waals surface area contributed by atoms with Crippen molar-refractivity contribution in [1.29, 1.82) is 0 Å². The van der Waals surface area contributed by atoms with E-state index < -0.39 is 0 Å². The van der Waals surface area contributed by atoms with Crippen LogP contribution in [0, 0.1) is 5.92 Å². The third kappa shape index (κ3) is 4.68. The number of allylic oxidation sites excluding steroid dienone is 2. The summed E-state index contributed by atoms with van der Waals surface area (Å²) < 4.78 is 13.9. The van der Waals surface area contributed by atoms with Crippen molar-refractivity contribution in [1.82, 2.24) is 0 Å². The van der Waals surface area contributed by atoms with Crippen molar-refractivity contribution >= 4 is 38.6 Å². The predicted molar refractivity (Wildman–Crippen MR) is 221 cm³/mol. The van der Waals surface area contributed by atoms with Crippen molar-refractivity contribution in [3.63, 3.8) is 0 Å². The molecule has 8 aromatic rings. The number of rotatable bonds is 5. The standard InChI is InChI=1S/C51H37NO2/c1-3-17-38(18-4-1)51(39-19-5-2-6-20-39)44-22-12-11-21-43(44)49-45(51)28-30-47-50(49)54-46-29-27-42(33-48(46)53-47)52(40-25-23-34-13-7-9-15-36(34)31-40)41-26-24-35-14-8-10-16-37(35)32-41/h1-5,7-18,21-33,39H,6,19-20H2. The fraction of sp³-hybridized carbons (Fsp3) is 0.0980. The number of hydrogen-bond donors (Lipinski definition) is 0. The van der Waals surface area contributed by atoms with E-state index in [0.29, 0.717) is 17.4 Å². The van der Waals surface area contributed by atoms with Crippen LogP contribution in [0.3, 0.4) is 0 Å². The monoisotopic (exact) mass is 695 g/mol. The molecule has 1 heterocycles. The van der Waals surface area contributed by atoms with Gasteiger partial charge in [0.1, 0.15) is 0 Å². The molecule has 3 nitrogen and oxygen atoms in total. The predicted octanol–water partition coefficient (Wildman–Crippen LogP) is 14.0. The van der Waals surface area contributed by atoms with Crippen molar-refractivity contribution in [3.05, 3.63) is 199 Å². The highest BCUT2D eigenvalue weighted by molar-refractivity contribution is 5.94. The van der Waals surface area contributed by atoms with Crippen LogP contribution in [0.2, 0.25) is 0 Å². The van der Waals surface area contributed by atoms with Crippen LogP contribution < -0.4 is 14.4 Å². The highest BCUT2D eigenvalue weighted by Crippen LogP contribution is 2.63. The lowest BCUT2D eigenvalue weighted by atomic mass is 9.61. The minimum absolute atomic E-state index is 0.291. The third-order valence-electron chi connectivity index (χ3n) is 11.9. The summed E-state index contributed by atoms with van der Waals surface area (Å²) in [7, 11) is 0. The van der Waals surface area contributed by atoms with Crippen LogP contribution in [0.1, 0.15) is 36.0 Å². The van der Waals surface area contributed by atoms with Gasteiger partial charge in [0.2, 0.25) is 0 Å². The zero-order valence-electron chi connectivity index (χ0n) is 29.8. The molecule has 1 aliphatic heterocycles. The normalized spacial score (nSPS) is 17.9. The Kier molecular flexibility index (Phi) is 7.03. The van der Waals surface area contributed by atoms with Gasteiger partial charge in [-0.15, -0.1) is 0 Å². The minimum atomic E-state index is -0.291. The van der Waals surface area contributed by atoms with Crippen LogP contribution in [-0.2, 0) is 5.41 Å². The Morgan fingerprint density at radius 2 is 1.11 bits per heavy atom. The molecule has 54 heavy (non-hydrogen) atoms. The summed E-state index contributed by atoms with van der Waals surface area (Å²) in [4.78, 5) is 2.31. The lowest BCUT2D eigenvalue weighted by Crippen LogP contribution is -2.36. The maximum atomic E-state index is 7.00. The summed E-state index contributed by atoms with van der Waals surface area (Å²) in [5.41, 5.74) is 9.21. The maximum absolute atomic E-state index is 7.00. The molecule has 0 saturated heterocycles. The molecule has 11 rings (SSSR count). The molecule has 0 N–H and O–H groups in total. The molecular formula is C51H37NO2. The van der Waals surface area contributed by atoms with E-state index in [1.165, 1.54) is 43.8 Å². The summed E-state index contributed by atoms with van der Waals surface area (Å²) in [5.74, 6) is 3.37. The molecule has 2 aliphatic carbocycles. The molecule has 0 spiro atoms. The van der Waals surface area contributed by atoms with Gasteiger partial charge in [0.05, 0.1) is 5.69 Å². The van der Waals surface area contributed by atoms with E-state index in [9.17, 15) is 0 Å². The fourth-order valence-electron chi connectivity index (χ4n) is 9.51. The van der Waals surface area contributed by atoms with Crippen LogP contribution in [0.4, 0.5) is 17.1 Å². The number of fused-ring (bicyclic) bond motifs is 8. The van der Waals surface area contributed by atoms with E-state index in [1.807, 2.05) is 0 Å². The Labute approximate surface area is 315 Å². The van der Waals surface area contributed by atoms with Crippen molar-refractivity contribution in [3.8, 4) is 34.1 Å². The Bertz CT molecular complexity index is 2710. The smallest absolute Gasteiger partial charge is 0.178 e. The van der Waals surface area contributed by atoms with Crippen molar-refractivity contribution in [2.24, 2.45) is 5.92 Å². The van der Waals surface area contributed by atoms with Gasteiger partial charge in [-0.05, 0) is 111 Å². The second-order valence-electron chi connectivity index (χ2n) is 14.7. The summed E-state index contributed by atoms with van der Waals surface area (Å²) in [6, 6.07) is 61.2. The van der Waals surface area contributed by atoms with Gasteiger partial charge in [-0.1, -0.05) is 133 Å². The first kappa shape index (κ1) is 31.0. The molecular weight excluding hydrogens is 659 g/mol. The molecule has 2 atom stereocenters. The Balaban J connectivity index is 1.05. The number of nitrogens with zero attached hydrogens (tertiary/aromatic N) is 1. The zero-order valence-corrected chi connectivity index (χ0v) is 29.8. The van der Waals surface area contributed by atoms with Crippen LogP contribution in [0.15, 0.2) is 182 Å². The van der Waals surface area contributed by atoms with Gasteiger partial charge in [0.15, 0.2) is 23.0 Å². The molecule has 0 radical (unpaired) electrons. The number of ether oxygens (including phenoxy) is 2. The second-order valence-corrected chi connectivity index (χ2v) is 14.7. The summed E-state index contributed by atoms with van der Waals surface area (Å²) in [6.45, 7) is 0. The van der Waals surface area contributed by atoms with Crippen molar-refractivity contribution in [2.45, 2.75) is 24.7 Å². The molecule has 0 amide bonds. The van der Waals surface area contributed by atoms with Gasteiger partial charge in [-0.25, -0.2) is 0 Å². The largest absolute Gasteiger partial charge is 0.449 e. The average molecular weight is 696 g/mol. The lowest BCUT2D eigenvalue weighted by Gasteiger charge is -2.41. The van der Waals surface area contributed by atoms with Crippen molar-refractivity contribution < 1.29 is 9.47 Å². The maximum Gasteiger partial charge on any atom is 0.178 e. The second kappa shape index (κ2) is 12.2. The first-order valence-electron chi connectivity index (χ1n) is 19.0. The van der Waals surface area contributed by atoms with E-state index in [1.54, 1.807) is 0 Å². The van der Waals surface area contributed by atoms with E-state index in [0.717, 1.165) is 53.4 Å². The highest BCUT2D eigenvalue weighted by atomic mass is 16.6. The van der Waals surface area contributed by atoms with Crippen LogP contribution in [0.25, 0.3) is 32.7 Å². The molecule has 3 aliphatic rings. The van der Waals surface area contributed by atoms with E-state index in [4.69, 9.17) is 9.47 Å². The summed E-state index contributed by atoms with van der Waals surface area (Å²) >= 11 is 0. The number of hydrogen-bond acceptors (Lipinski definition) is 3. The first-order valence-corrected chi connectivity index (χ1v) is 19.0. The molecule has 258 valence electrons. The molecule has 0 saturated carbocycles.